The van der Waals surface area contributed by atoms with Gasteiger partial charge < -0.3 is 9.47 Å². The molecule has 0 aromatic carbocycles. The highest BCUT2D eigenvalue weighted by Gasteiger charge is 2.34. The average Bonchev–Trinajstić information content (AvgIpc) is 3.28. The molecule has 8 nitrogen and oxygen atoms in total. The van der Waals surface area contributed by atoms with Crippen LogP contribution in [0.1, 0.15) is 16.1 Å². The Morgan fingerprint density at radius 2 is 2.04 bits per heavy atom. The Kier molecular flexibility index (Phi) is 3.65. The molecule has 0 spiro atoms. The molecule has 3 aromatic rings. The largest absolute Gasteiger partial charge is 0.491 e. The number of ether oxygens (including phenoxy) is 2. The second-order valence-corrected chi connectivity index (χ2v) is 5.57. The van der Waals surface area contributed by atoms with Crippen LogP contribution >= 0.6 is 0 Å². The minimum Gasteiger partial charge on any atom is -0.491 e. The Bertz CT molecular complexity index is 1010. The molecule has 130 valence electrons. The van der Waals surface area contributed by atoms with Crippen molar-refractivity contribution in [1.82, 2.24) is 20.2 Å². The van der Waals surface area contributed by atoms with Gasteiger partial charge in [-0.3, -0.25) is 14.8 Å². The van der Waals surface area contributed by atoms with Crippen LogP contribution in [0.5, 0.6) is 11.6 Å². The monoisotopic (exact) mass is 349 g/mol. The van der Waals surface area contributed by atoms with Gasteiger partial charge in [0.15, 0.2) is 5.75 Å². The van der Waals surface area contributed by atoms with Gasteiger partial charge in [-0.1, -0.05) is 6.58 Å². The van der Waals surface area contributed by atoms with E-state index in [-0.39, 0.29) is 5.91 Å². The summed E-state index contributed by atoms with van der Waals surface area (Å²) in [4.78, 5) is 23.0. The van der Waals surface area contributed by atoms with Crippen LogP contribution in [0.2, 0.25) is 0 Å². The number of nitrogens with zero attached hydrogens (tertiary/aromatic N) is 4. The lowest BCUT2D eigenvalue weighted by atomic mass is 10.1. The SMILES string of the molecule is C=C1c2nc(-c3cnc(OC)c(OC)c3)ccc2C(=O)N1c1cn[nH]c1. The number of amides is 1. The average molecular weight is 349 g/mol. The van der Waals surface area contributed by atoms with E-state index in [1.54, 1.807) is 43.9 Å². The van der Waals surface area contributed by atoms with E-state index >= 15 is 0 Å². The van der Waals surface area contributed by atoms with Crippen LogP contribution in [0.3, 0.4) is 0 Å². The van der Waals surface area contributed by atoms with Crippen molar-refractivity contribution in [2.24, 2.45) is 0 Å². The van der Waals surface area contributed by atoms with Crippen molar-refractivity contribution >= 4 is 17.3 Å². The van der Waals surface area contributed by atoms with Gasteiger partial charge in [0.05, 0.1) is 43.1 Å². The van der Waals surface area contributed by atoms with Crippen molar-refractivity contribution < 1.29 is 14.3 Å². The lowest BCUT2D eigenvalue weighted by Crippen LogP contribution is -2.21. The zero-order chi connectivity index (χ0) is 18.3. The Hall–Kier alpha value is -3.68. The molecule has 1 aliphatic rings. The number of nitrogens with one attached hydrogen (secondary N) is 1. The summed E-state index contributed by atoms with van der Waals surface area (Å²) in [5.41, 5.74) is 3.54. The zero-order valence-electron chi connectivity index (χ0n) is 14.2. The van der Waals surface area contributed by atoms with E-state index in [1.807, 2.05) is 0 Å². The van der Waals surface area contributed by atoms with Crippen LogP contribution in [0.15, 0.2) is 43.4 Å². The molecule has 0 aliphatic carbocycles. The summed E-state index contributed by atoms with van der Waals surface area (Å²) in [6.45, 7) is 4.02. The first kappa shape index (κ1) is 15.8. The van der Waals surface area contributed by atoms with Crippen LogP contribution in [-0.2, 0) is 0 Å². The number of anilines is 1. The summed E-state index contributed by atoms with van der Waals surface area (Å²) in [5, 5.41) is 6.58. The summed E-state index contributed by atoms with van der Waals surface area (Å²) < 4.78 is 10.4. The number of carbonyl (C=O) groups is 1. The van der Waals surface area contributed by atoms with Gasteiger partial charge >= 0.3 is 0 Å². The smallest absolute Gasteiger partial charge is 0.265 e. The fourth-order valence-corrected chi connectivity index (χ4v) is 2.87. The first-order valence-corrected chi connectivity index (χ1v) is 7.76. The lowest BCUT2D eigenvalue weighted by Gasteiger charge is -2.13. The highest BCUT2D eigenvalue weighted by molar-refractivity contribution is 6.21. The van der Waals surface area contributed by atoms with Gasteiger partial charge in [0.2, 0.25) is 0 Å². The van der Waals surface area contributed by atoms with Gasteiger partial charge in [0.25, 0.3) is 11.8 Å². The molecule has 4 heterocycles. The van der Waals surface area contributed by atoms with E-state index in [9.17, 15) is 4.79 Å². The highest BCUT2D eigenvalue weighted by Crippen LogP contribution is 2.36. The number of aromatic amines is 1. The second kappa shape index (κ2) is 5.99. The second-order valence-electron chi connectivity index (χ2n) is 5.57. The van der Waals surface area contributed by atoms with Crippen molar-refractivity contribution in [3.05, 3.63) is 54.6 Å². The van der Waals surface area contributed by atoms with Crippen LogP contribution in [0.4, 0.5) is 5.69 Å². The van der Waals surface area contributed by atoms with Crippen molar-refractivity contribution in [3.8, 4) is 22.9 Å². The summed E-state index contributed by atoms with van der Waals surface area (Å²) in [5.74, 6) is 0.709. The fraction of sp³-hybridized carbons (Fsp3) is 0.111. The number of hydrogen-bond acceptors (Lipinski definition) is 6. The van der Waals surface area contributed by atoms with Gasteiger partial charge in [-0.05, 0) is 18.2 Å². The Morgan fingerprint density at radius 3 is 2.73 bits per heavy atom. The highest BCUT2D eigenvalue weighted by atomic mass is 16.5. The van der Waals surface area contributed by atoms with Crippen molar-refractivity contribution in [2.75, 3.05) is 19.1 Å². The Balaban J connectivity index is 1.76. The van der Waals surface area contributed by atoms with E-state index in [0.29, 0.717) is 40.0 Å². The maximum atomic E-state index is 12.7. The predicted octanol–water partition coefficient (Wildman–Crippen LogP) is 2.51. The molecule has 0 fully saturated rings. The summed E-state index contributed by atoms with van der Waals surface area (Å²) in [7, 11) is 3.07. The number of methoxy groups -OCH3 is 2. The van der Waals surface area contributed by atoms with Gasteiger partial charge in [-0.25, -0.2) is 9.97 Å². The third kappa shape index (κ3) is 2.31. The van der Waals surface area contributed by atoms with Gasteiger partial charge in [0, 0.05) is 18.0 Å². The molecule has 1 amide bonds. The molecule has 0 saturated heterocycles. The van der Waals surface area contributed by atoms with Gasteiger partial charge in [-0.2, -0.15) is 5.10 Å². The molecule has 0 saturated carbocycles. The molecular formula is C18H15N5O3. The van der Waals surface area contributed by atoms with Crippen molar-refractivity contribution in [3.63, 3.8) is 0 Å². The van der Waals surface area contributed by atoms with Crippen LogP contribution in [0.25, 0.3) is 17.0 Å². The Labute approximate surface area is 149 Å². The lowest BCUT2D eigenvalue weighted by molar-refractivity contribution is 0.101. The quantitative estimate of drug-likeness (QED) is 0.778. The van der Waals surface area contributed by atoms with E-state index in [1.165, 1.54) is 12.0 Å². The maximum Gasteiger partial charge on any atom is 0.265 e. The number of carbonyl (C=O) groups excluding carboxylic acids is 1. The molecule has 0 bridgehead atoms. The normalized spacial score (nSPS) is 13.1. The number of rotatable bonds is 4. The van der Waals surface area contributed by atoms with Crippen molar-refractivity contribution in [1.29, 1.82) is 0 Å². The number of fused-ring (bicyclic) bond motifs is 1. The predicted molar refractivity (Wildman–Crippen MR) is 95.0 cm³/mol. The molecule has 26 heavy (non-hydrogen) atoms. The van der Waals surface area contributed by atoms with E-state index in [0.717, 1.165) is 5.56 Å². The molecule has 8 heteroatoms. The first-order chi connectivity index (χ1) is 12.6. The molecule has 1 aliphatic heterocycles. The Morgan fingerprint density at radius 1 is 1.19 bits per heavy atom. The molecular weight excluding hydrogens is 334 g/mol. The number of aromatic nitrogens is 4. The topological polar surface area (TPSA) is 93.2 Å². The van der Waals surface area contributed by atoms with Gasteiger partial charge in [0.1, 0.15) is 5.69 Å². The van der Waals surface area contributed by atoms with E-state index in [4.69, 9.17) is 9.47 Å². The molecule has 0 unspecified atom stereocenters. The molecule has 4 rings (SSSR count). The summed E-state index contributed by atoms with van der Waals surface area (Å²) >= 11 is 0. The minimum atomic E-state index is -0.184. The summed E-state index contributed by atoms with van der Waals surface area (Å²) in [6, 6.07) is 5.29. The molecule has 1 N–H and O–H groups in total. The van der Waals surface area contributed by atoms with E-state index in [2.05, 4.69) is 26.7 Å². The third-order valence-corrected chi connectivity index (χ3v) is 4.14. The minimum absolute atomic E-state index is 0.184. The van der Waals surface area contributed by atoms with Crippen molar-refractivity contribution in [2.45, 2.75) is 0 Å². The van der Waals surface area contributed by atoms with Crippen LogP contribution in [-0.4, -0.2) is 40.3 Å². The number of H-pyrrole nitrogens is 1. The zero-order valence-corrected chi connectivity index (χ0v) is 14.2. The first-order valence-electron chi connectivity index (χ1n) is 7.76. The molecule has 0 atom stereocenters. The van der Waals surface area contributed by atoms with E-state index < -0.39 is 0 Å². The van der Waals surface area contributed by atoms with Crippen LogP contribution < -0.4 is 14.4 Å². The summed E-state index contributed by atoms with van der Waals surface area (Å²) in [6.07, 6.45) is 4.84. The standard InChI is InChI=1S/C18H15N5O3/c1-10-16-13(18(24)23(10)12-8-20-21-9-12)4-5-14(22-16)11-6-15(25-2)17(26-3)19-7-11/h4-9H,1H2,2-3H3,(H,20,21). The molecule has 0 radical (unpaired) electrons. The third-order valence-electron chi connectivity index (χ3n) is 4.14. The molecule has 3 aromatic heterocycles. The number of hydrogen-bond donors (Lipinski definition) is 1. The number of pyridine rings is 2. The fourth-order valence-electron chi connectivity index (χ4n) is 2.87. The van der Waals surface area contributed by atoms with Gasteiger partial charge in [-0.15, -0.1) is 0 Å². The maximum absolute atomic E-state index is 12.7. The van der Waals surface area contributed by atoms with Crippen LogP contribution in [0, 0.1) is 0 Å².